The summed E-state index contributed by atoms with van der Waals surface area (Å²) in [6, 6.07) is 5.93. The molecule has 7 nitrogen and oxygen atoms in total. The van der Waals surface area contributed by atoms with Gasteiger partial charge in [-0.2, -0.15) is 0 Å². The van der Waals surface area contributed by atoms with E-state index < -0.39 is 11.7 Å². The van der Waals surface area contributed by atoms with Gasteiger partial charge in [-0.15, -0.1) is 0 Å². The lowest BCUT2D eigenvalue weighted by Gasteiger charge is -2.29. The van der Waals surface area contributed by atoms with Crippen LogP contribution in [0.25, 0.3) is 0 Å². The van der Waals surface area contributed by atoms with E-state index in [1.54, 1.807) is 20.1 Å². The minimum atomic E-state index is -0.624. The van der Waals surface area contributed by atoms with Crippen molar-refractivity contribution in [2.24, 2.45) is 5.92 Å². The van der Waals surface area contributed by atoms with Crippen molar-refractivity contribution in [3.8, 4) is 5.75 Å². The number of ether oxygens (including phenoxy) is 2. The molecule has 0 spiro atoms. The summed E-state index contributed by atoms with van der Waals surface area (Å²) < 4.78 is 10.8. The van der Waals surface area contributed by atoms with Crippen LogP contribution in [0.1, 0.15) is 65.9 Å². The Kier molecular flexibility index (Phi) is 11.3. The molecule has 204 valence electrons. The first kappa shape index (κ1) is 30.5. The van der Waals surface area contributed by atoms with Gasteiger partial charge in [0, 0.05) is 35.3 Å². The number of allylic oxidation sites excluding steroid dienone is 3. The number of methoxy groups -OCH3 is 1. The van der Waals surface area contributed by atoms with Crippen molar-refractivity contribution in [3.05, 3.63) is 58.3 Å². The van der Waals surface area contributed by atoms with Gasteiger partial charge in [0.25, 0.3) is 0 Å². The molecule has 1 saturated carbocycles. The Morgan fingerprint density at radius 1 is 1.16 bits per heavy atom. The van der Waals surface area contributed by atoms with E-state index in [-0.39, 0.29) is 17.9 Å². The van der Waals surface area contributed by atoms with Gasteiger partial charge in [-0.25, -0.2) is 4.79 Å². The lowest BCUT2D eigenvalue weighted by atomic mass is 9.85. The second-order valence-electron chi connectivity index (χ2n) is 10.5. The zero-order valence-electron chi connectivity index (χ0n) is 23.2. The van der Waals surface area contributed by atoms with E-state index in [0.717, 1.165) is 53.8 Å². The average molecular weight is 532 g/mol. The SMILES string of the molecule is C=C/C(C)=C(CNC1CCC(C(=O)Nc2ccc(C)c(OC)c2)CC1)\C(NC(=O)OC(C)(C)C)=C(/C)Cl. The molecule has 2 rings (SSSR count). The van der Waals surface area contributed by atoms with Crippen LogP contribution in [0.15, 0.2) is 52.7 Å². The van der Waals surface area contributed by atoms with E-state index in [0.29, 0.717) is 17.3 Å². The van der Waals surface area contributed by atoms with Crippen LogP contribution in [-0.2, 0) is 9.53 Å². The number of amides is 2. The van der Waals surface area contributed by atoms with E-state index in [4.69, 9.17) is 21.1 Å². The van der Waals surface area contributed by atoms with Gasteiger partial charge < -0.3 is 20.1 Å². The fourth-order valence-electron chi connectivity index (χ4n) is 4.27. The second kappa shape index (κ2) is 13.7. The van der Waals surface area contributed by atoms with Gasteiger partial charge in [-0.05, 0) is 90.0 Å². The first-order chi connectivity index (χ1) is 17.3. The van der Waals surface area contributed by atoms with Gasteiger partial charge in [0.2, 0.25) is 5.91 Å². The number of aryl methyl sites for hydroxylation is 1. The molecule has 37 heavy (non-hydrogen) atoms. The fourth-order valence-corrected chi connectivity index (χ4v) is 4.43. The first-order valence-corrected chi connectivity index (χ1v) is 13.1. The number of carbonyl (C=O) groups is 2. The maximum absolute atomic E-state index is 12.9. The lowest BCUT2D eigenvalue weighted by Crippen LogP contribution is -2.39. The monoisotopic (exact) mass is 531 g/mol. The summed E-state index contributed by atoms with van der Waals surface area (Å²) in [6.45, 7) is 15.5. The molecule has 0 aliphatic heterocycles. The van der Waals surface area contributed by atoms with Gasteiger partial charge in [-0.3, -0.25) is 10.1 Å². The topological polar surface area (TPSA) is 88.7 Å². The highest BCUT2D eigenvalue weighted by atomic mass is 35.5. The Balaban J connectivity index is 1.97. The van der Waals surface area contributed by atoms with Gasteiger partial charge in [-0.1, -0.05) is 30.3 Å². The highest BCUT2D eigenvalue weighted by Crippen LogP contribution is 2.28. The minimum absolute atomic E-state index is 0.0374. The molecule has 0 unspecified atom stereocenters. The lowest BCUT2D eigenvalue weighted by molar-refractivity contribution is -0.120. The van der Waals surface area contributed by atoms with Crippen molar-refractivity contribution >= 4 is 29.3 Å². The van der Waals surface area contributed by atoms with E-state index in [1.165, 1.54) is 0 Å². The number of carbonyl (C=O) groups excluding carboxylic acids is 2. The molecule has 1 aromatic carbocycles. The summed E-state index contributed by atoms with van der Waals surface area (Å²) >= 11 is 6.39. The predicted molar refractivity (Wildman–Crippen MR) is 151 cm³/mol. The average Bonchev–Trinajstić information content (AvgIpc) is 2.83. The van der Waals surface area contributed by atoms with Gasteiger partial charge in [0.1, 0.15) is 11.4 Å². The quantitative estimate of drug-likeness (QED) is 0.313. The number of nitrogens with one attached hydrogen (secondary N) is 3. The van der Waals surface area contributed by atoms with Crippen molar-refractivity contribution in [1.29, 1.82) is 0 Å². The molecule has 1 aliphatic rings. The Hall–Kier alpha value is -2.77. The predicted octanol–water partition coefficient (Wildman–Crippen LogP) is 6.59. The van der Waals surface area contributed by atoms with Crippen molar-refractivity contribution in [2.75, 3.05) is 19.0 Å². The third-order valence-corrected chi connectivity index (χ3v) is 6.58. The van der Waals surface area contributed by atoms with Crippen LogP contribution in [0.2, 0.25) is 0 Å². The van der Waals surface area contributed by atoms with Crippen LogP contribution in [0.3, 0.4) is 0 Å². The zero-order chi connectivity index (χ0) is 27.8. The molecule has 8 heteroatoms. The van der Waals surface area contributed by atoms with Crippen LogP contribution in [0, 0.1) is 12.8 Å². The number of alkyl carbamates (subject to hydrolysis) is 1. The maximum atomic E-state index is 12.9. The number of halogens is 1. The molecule has 0 atom stereocenters. The molecular formula is C29H42ClN3O4. The summed E-state index contributed by atoms with van der Waals surface area (Å²) in [7, 11) is 1.63. The van der Waals surface area contributed by atoms with Crippen molar-refractivity contribution in [3.63, 3.8) is 0 Å². The van der Waals surface area contributed by atoms with Crippen molar-refractivity contribution in [1.82, 2.24) is 10.6 Å². The normalized spacial score (nSPS) is 19.2. The summed E-state index contributed by atoms with van der Waals surface area (Å²) in [4.78, 5) is 25.3. The fraction of sp³-hybridized carbons (Fsp3) is 0.517. The molecule has 1 aliphatic carbocycles. The van der Waals surface area contributed by atoms with Crippen LogP contribution in [-0.4, -0.2) is 37.3 Å². The number of hydrogen-bond acceptors (Lipinski definition) is 5. The number of anilines is 1. The zero-order valence-corrected chi connectivity index (χ0v) is 24.0. The van der Waals surface area contributed by atoms with E-state index in [2.05, 4.69) is 22.5 Å². The molecule has 1 aromatic rings. The van der Waals surface area contributed by atoms with E-state index >= 15 is 0 Å². The van der Waals surface area contributed by atoms with Crippen molar-refractivity contribution < 1.29 is 19.1 Å². The Bertz CT molecular complexity index is 1040. The number of benzene rings is 1. The Morgan fingerprint density at radius 2 is 1.81 bits per heavy atom. The second-order valence-corrected chi connectivity index (χ2v) is 11.1. The Labute approximate surface area is 226 Å². The molecule has 0 radical (unpaired) electrons. The highest BCUT2D eigenvalue weighted by molar-refractivity contribution is 6.30. The van der Waals surface area contributed by atoms with Gasteiger partial charge in [0.05, 0.1) is 12.8 Å². The molecule has 0 saturated heterocycles. The molecule has 0 bridgehead atoms. The maximum Gasteiger partial charge on any atom is 0.412 e. The minimum Gasteiger partial charge on any atom is -0.496 e. The van der Waals surface area contributed by atoms with E-state index in [9.17, 15) is 9.59 Å². The third kappa shape index (κ3) is 9.56. The van der Waals surface area contributed by atoms with Crippen LogP contribution >= 0.6 is 11.6 Å². The molecule has 0 heterocycles. The highest BCUT2D eigenvalue weighted by Gasteiger charge is 2.27. The number of hydrogen-bond donors (Lipinski definition) is 3. The standard InChI is InChI=1S/C29H42ClN3O4/c1-9-18(2)24(26(20(4)30)33-28(35)37-29(5,6)7)17-31-22-14-11-21(12-15-22)27(34)32-23-13-10-19(3)25(16-23)36-8/h9-10,13,16,21-22,31H,1,11-12,14-15,17H2,2-8H3,(H,32,34)(H,33,35)/b24-18-,26-20-. The smallest absolute Gasteiger partial charge is 0.412 e. The Morgan fingerprint density at radius 3 is 2.35 bits per heavy atom. The molecule has 2 amide bonds. The summed E-state index contributed by atoms with van der Waals surface area (Å²) in [5.41, 5.74) is 3.41. The van der Waals surface area contributed by atoms with Crippen LogP contribution < -0.4 is 20.7 Å². The summed E-state index contributed by atoms with van der Waals surface area (Å²) in [5.74, 6) is 0.757. The summed E-state index contributed by atoms with van der Waals surface area (Å²) in [6.07, 6.45) is 4.50. The largest absolute Gasteiger partial charge is 0.496 e. The van der Waals surface area contributed by atoms with Crippen molar-refractivity contribution in [2.45, 2.75) is 78.9 Å². The van der Waals surface area contributed by atoms with Crippen LogP contribution in [0.5, 0.6) is 5.75 Å². The molecule has 0 aromatic heterocycles. The first-order valence-electron chi connectivity index (χ1n) is 12.7. The number of rotatable bonds is 9. The summed E-state index contributed by atoms with van der Waals surface area (Å²) in [5, 5.41) is 9.88. The van der Waals surface area contributed by atoms with Gasteiger partial charge in [0.15, 0.2) is 0 Å². The molecule has 1 fully saturated rings. The molecule has 3 N–H and O–H groups in total. The van der Waals surface area contributed by atoms with Gasteiger partial charge >= 0.3 is 6.09 Å². The van der Waals surface area contributed by atoms with E-state index in [1.807, 2.05) is 52.8 Å². The molecular weight excluding hydrogens is 490 g/mol. The third-order valence-electron chi connectivity index (χ3n) is 6.40. The van der Waals surface area contributed by atoms with Crippen LogP contribution in [0.4, 0.5) is 10.5 Å².